The Morgan fingerprint density at radius 3 is 2.22 bits per heavy atom. The molecule has 202 valence electrons. The predicted molar refractivity (Wildman–Crippen MR) is 137 cm³/mol. The van der Waals surface area contributed by atoms with Crippen LogP contribution in [-0.4, -0.2) is 23.9 Å². The minimum Gasteiger partial charge on any atom is -0.393 e. The van der Waals surface area contributed by atoms with Gasteiger partial charge >= 0.3 is 0 Å². The second-order valence-electron chi connectivity index (χ2n) is 11.3. The van der Waals surface area contributed by atoms with Crippen molar-refractivity contribution in [2.45, 2.75) is 108 Å². The molecule has 2 aromatic rings. The molecule has 0 aromatic heterocycles. The number of hydrogen-bond donors (Lipinski definition) is 1. The number of ether oxygens (including phenoxy) is 2. The van der Waals surface area contributed by atoms with E-state index < -0.39 is 11.6 Å². The maximum Gasteiger partial charge on any atom is 0.164 e. The third-order valence-electron chi connectivity index (χ3n) is 8.86. The van der Waals surface area contributed by atoms with Crippen LogP contribution in [0.3, 0.4) is 0 Å². The second-order valence-corrected chi connectivity index (χ2v) is 11.3. The van der Waals surface area contributed by atoms with E-state index in [1.165, 1.54) is 0 Å². The van der Waals surface area contributed by atoms with E-state index in [1.54, 1.807) is 18.2 Å². The first-order valence-electron chi connectivity index (χ1n) is 14.1. The molecule has 1 N–H and O–H groups in total. The van der Waals surface area contributed by atoms with Crippen molar-refractivity contribution in [3.8, 4) is 0 Å². The van der Waals surface area contributed by atoms with Crippen molar-refractivity contribution in [1.82, 2.24) is 0 Å². The summed E-state index contributed by atoms with van der Waals surface area (Å²) in [5.41, 5.74) is 2.37. The third kappa shape index (κ3) is 6.23. The van der Waals surface area contributed by atoms with E-state index in [0.29, 0.717) is 17.7 Å². The Balaban J connectivity index is 1.11. The van der Waals surface area contributed by atoms with E-state index in [4.69, 9.17) is 9.47 Å². The van der Waals surface area contributed by atoms with Gasteiger partial charge in [-0.2, -0.15) is 0 Å². The van der Waals surface area contributed by atoms with Crippen molar-refractivity contribution >= 4 is 0 Å². The van der Waals surface area contributed by atoms with Gasteiger partial charge in [0.15, 0.2) is 11.6 Å². The fourth-order valence-electron chi connectivity index (χ4n) is 6.43. The highest BCUT2D eigenvalue weighted by Crippen LogP contribution is 2.40. The molecule has 0 radical (unpaired) electrons. The van der Waals surface area contributed by atoms with E-state index >= 15 is 4.39 Å². The summed E-state index contributed by atoms with van der Waals surface area (Å²) in [6.07, 6.45) is 8.04. The Morgan fingerprint density at radius 2 is 1.57 bits per heavy atom. The number of halogens is 3. The molecule has 3 fully saturated rings. The smallest absolute Gasteiger partial charge is 0.164 e. The SMILES string of the molecule is CCCC(O)C1CCC(c2ccc(COC3CCC(c4ccc(C5CO5)c(F)c4)CC3)c(F)c2F)CC1. The lowest BCUT2D eigenvalue weighted by Crippen LogP contribution is -2.25. The summed E-state index contributed by atoms with van der Waals surface area (Å²) in [7, 11) is 0. The van der Waals surface area contributed by atoms with Gasteiger partial charge in [0.2, 0.25) is 0 Å². The summed E-state index contributed by atoms with van der Waals surface area (Å²) in [5.74, 6) is -1.18. The van der Waals surface area contributed by atoms with Crippen molar-refractivity contribution in [3.05, 3.63) is 70.0 Å². The average Bonchev–Trinajstić information content (AvgIpc) is 3.75. The number of hydrogen-bond acceptors (Lipinski definition) is 3. The van der Waals surface area contributed by atoms with Crippen LogP contribution >= 0.6 is 0 Å². The lowest BCUT2D eigenvalue weighted by Gasteiger charge is -2.32. The maximum absolute atomic E-state index is 15.0. The lowest BCUT2D eigenvalue weighted by atomic mass is 9.76. The zero-order valence-electron chi connectivity index (χ0n) is 21.7. The fraction of sp³-hybridized carbons (Fsp3) is 0.613. The van der Waals surface area contributed by atoms with E-state index in [9.17, 15) is 13.9 Å². The van der Waals surface area contributed by atoms with Gasteiger partial charge in [-0.25, -0.2) is 13.2 Å². The first kappa shape index (κ1) is 26.7. The van der Waals surface area contributed by atoms with Gasteiger partial charge in [-0.05, 0) is 92.7 Å². The first-order chi connectivity index (χ1) is 17.9. The van der Waals surface area contributed by atoms with E-state index in [2.05, 4.69) is 6.92 Å². The van der Waals surface area contributed by atoms with Crippen LogP contribution in [0.4, 0.5) is 13.2 Å². The highest BCUT2D eigenvalue weighted by molar-refractivity contribution is 5.31. The fourth-order valence-corrected chi connectivity index (χ4v) is 6.43. The van der Waals surface area contributed by atoms with Gasteiger partial charge in [0.25, 0.3) is 0 Å². The minimum absolute atomic E-state index is 0.000487. The molecule has 3 aliphatic rings. The standard InChI is InChI=1S/C31H39F3O3/c1-2-3-28(35)21-6-4-20(5-7-21)25-14-11-23(30(33)31(25)34)17-36-24-12-8-19(9-13-24)22-10-15-26(27(32)16-22)29-18-37-29/h10-11,14-16,19-21,24,28-29,35H,2-9,12-13,17-18H2,1H3. The molecule has 2 unspecified atom stereocenters. The van der Waals surface area contributed by atoms with E-state index in [0.717, 1.165) is 69.8 Å². The molecule has 37 heavy (non-hydrogen) atoms. The number of benzene rings is 2. The number of rotatable bonds is 9. The zero-order chi connectivity index (χ0) is 25.9. The van der Waals surface area contributed by atoms with Gasteiger partial charge in [-0.3, -0.25) is 0 Å². The van der Waals surface area contributed by atoms with Gasteiger partial charge in [0.1, 0.15) is 11.9 Å². The van der Waals surface area contributed by atoms with Crippen LogP contribution in [0.25, 0.3) is 0 Å². The third-order valence-corrected chi connectivity index (χ3v) is 8.86. The van der Waals surface area contributed by atoms with Crippen molar-refractivity contribution in [2.75, 3.05) is 6.61 Å². The molecule has 0 amide bonds. The molecule has 2 atom stereocenters. The summed E-state index contributed by atoms with van der Waals surface area (Å²) in [6, 6.07) is 8.89. The van der Waals surface area contributed by atoms with Gasteiger partial charge in [0.05, 0.1) is 25.4 Å². The quantitative estimate of drug-likeness (QED) is 0.345. The monoisotopic (exact) mass is 516 g/mol. The summed E-state index contributed by atoms with van der Waals surface area (Å²) in [6.45, 7) is 2.71. The average molecular weight is 517 g/mol. The van der Waals surface area contributed by atoms with Crippen molar-refractivity contribution in [2.24, 2.45) is 5.92 Å². The van der Waals surface area contributed by atoms with E-state index in [-0.39, 0.29) is 54.1 Å². The van der Waals surface area contributed by atoms with Crippen molar-refractivity contribution in [1.29, 1.82) is 0 Å². The Kier molecular flexibility index (Phi) is 8.57. The molecule has 2 aliphatic carbocycles. The molecule has 1 saturated heterocycles. The highest BCUT2D eigenvalue weighted by Gasteiger charge is 2.31. The Morgan fingerprint density at radius 1 is 0.892 bits per heavy atom. The molecule has 3 nitrogen and oxygen atoms in total. The topological polar surface area (TPSA) is 42.0 Å². The molecule has 1 aliphatic heterocycles. The number of aliphatic hydroxyl groups excluding tert-OH is 1. The highest BCUT2D eigenvalue weighted by atomic mass is 19.2. The molecule has 5 rings (SSSR count). The van der Waals surface area contributed by atoms with Gasteiger partial charge in [0, 0.05) is 11.1 Å². The normalized spacial score (nSPS) is 28.7. The summed E-state index contributed by atoms with van der Waals surface area (Å²) >= 11 is 0. The molecular formula is C31H39F3O3. The van der Waals surface area contributed by atoms with Crippen LogP contribution in [-0.2, 0) is 16.1 Å². The summed E-state index contributed by atoms with van der Waals surface area (Å²) < 4.78 is 55.6. The Labute approximate surface area is 218 Å². The van der Waals surface area contributed by atoms with Crippen LogP contribution in [0.2, 0.25) is 0 Å². The van der Waals surface area contributed by atoms with Gasteiger partial charge in [-0.15, -0.1) is 0 Å². The Hall–Kier alpha value is -1.89. The molecule has 0 bridgehead atoms. The zero-order valence-corrected chi connectivity index (χ0v) is 21.7. The maximum atomic E-state index is 15.0. The van der Waals surface area contributed by atoms with Crippen molar-refractivity contribution in [3.63, 3.8) is 0 Å². The Bertz CT molecular complexity index is 1050. The van der Waals surface area contributed by atoms with Crippen LogP contribution < -0.4 is 0 Å². The second kappa shape index (κ2) is 11.9. The lowest BCUT2D eigenvalue weighted by molar-refractivity contribution is 0.0118. The predicted octanol–water partition coefficient (Wildman–Crippen LogP) is 7.85. The molecule has 6 heteroatoms. The molecule has 2 aromatic carbocycles. The first-order valence-corrected chi connectivity index (χ1v) is 14.1. The largest absolute Gasteiger partial charge is 0.393 e. The molecular weight excluding hydrogens is 477 g/mol. The van der Waals surface area contributed by atoms with E-state index in [1.807, 2.05) is 12.1 Å². The number of epoxide rings is 1. The summed E-state index contributed by atoms with van der Waals surface area (Å²) in [5, 5.41) is 10.3. The minimum atomic E-state index is -0.797. The van der Waals surface area contributed by atoms with Crippen LogP contribution in [0.15, 0.2) is 30.3 Å². The van der Waals surface area contributed by atoms with Crippen LogP contribution in [0, 0.1) is 23.4 Å². The molecule has 2 saturated carbocycles. The van der Waals surface area contributed by atoms with Crippen LogP contribution in [0.5, 0.6) is 0 Å². The van der Waals surface area contributed by atoms with Gasteiger partial charge in [-0.1, -0.05) is 37.6 Å². The summed E-state index contributed by atoms with van der Waals surface area (Å²) in [4.78, 5) is 0. The van der Waals surface area contributed by atoms with Gasteiger partial charge < -0.3 is 14.6 Å². The molecule has 1 heterocycles. The van der Waals surface area contributed by atoms with Crippen LogP contribution in [0.1, 0.15) is 111 Å². The number of aliphatic hydroxyl groups is 1. The molecule has 0 spiro atoms. The van der Waals surface area contributed by atoms with Crippen molar-refractivity contribution < 1.29 is 27.8 Å².